The number of hydrogen-bond acceptors (Lipinski definition) is 3. The van der Waals surface area contributed by atoms with Crippen LogP contribution in [0.15, 0.2) is 30.3 Å². The van der Waals surface area contributed by atoms with Crippen molar-refractivity contribution in [3.63, 3.8) is 0 Å². The summed E-state index contributed by atoms with van der Waals surface area (Å²) in [6.45, 7) is 3.64. The number of benzene rings is 1. The number of rotatable bonds is 5. The fraction of sp³-hybridized carbons (Fsp3) is 0.312. The second kappa shape index (κ2) is 6.63. The average Bonchev–Trinajstić information content (AvgIpc) is 2.37. The van der Waals surface area contributed by atoms with Crippen molar-refractivity contribution in [1.82, 2.24) is 4.98 Å². The number of nitrogens with zero attached hydrogens (tertiary/aromatic N) is 1. The van der Waals surface area contributed by atoms with Crippen LogP contribution in [0.2, 0.25) is 0 Å². The molecule has 2 aromatic rings. The highest BCUT2D eigenvalue weighted by Gasteiger charge is 2.14. The third-order valence-electron chi connectivity index (χ3n) is 2.93. The number of nitrogens with two attached hydrogens (primary N) is 1. The van der Waals surface area contributed by atoms with Crippen molar-refractivity contribution < 1.29 is 13.5 Å². The highest BCUT2D eigenvalue weighted by molar-refractivity contribution is 5.32. The highest BCUT2D eigenvalue weighted by Crippen LogP contribution is 2.24. The Morgan fingerprint density at radius 2 is 1.90 bits per heavy atom. The van der Waals surface area contributed by atoms with Gasteiger partial charge in [0.2, 0.25) is 0 Å². The molecule has 0 bridgehead atoms. The summed E-state index contributed by atoms with van der Waals surface area (Å²) in [6, 6.07) is 7.75. The molecule has 1 unspecified atom stereocenters. The van der Waals surface area contributed by atoms with Gasteiger partial charge in [0.05, 0.1) is 5.69 Å². The molecule has 1 aromatic carbocycles. The van der Waals surface area contributed by atoms with E-state index in [4.69, 9.17) is 10.5 Å². The van der Waals surface area contributed by atoms with Gasteiger partial charge in [-0.25, -0.2) is 8.78 Å². The Balaban J connectivity index is 2.13. The van der Waals surface area contributed by atoms with Crippen molar-refractivity contribution in [2.24, 2.45) is 5.73 Å². The van der Waals surface area contributed by atoms with Crippen LogP contribution in [0, 0.1) is 18.6 Å². The first kappa shape index (κ1) is 15.4. The van der Waals surface area contributed by atoms with E-state index in [2.05, 4.69) is 4.98 Å². The maximum atomic E-state index is 13.9. The molecule has 2 rings (SSSR count). The SMILES string of the molecule is Cc1cccc(COc2c(F)cc(CC(C)N)cc2F)n1. The Morgan fingerprint density at radius 3 is 2.48 bits per heavy atom. The van der Waals surface area contributed by atoms with E-state index in [1.54, 1.807) is 13.0 Å². The van der Waals surface area contributed by atoms with E-state index in [0.717, 1.165) is 5.69 Å². The molecule has 0 aliphatic carbocycles. The zero-order valence-electron chi connectivity index (χ0n) is 12.1. The third kappa shape index (κ3) is 4.23. The summed E-state index contributed by atoms with van der Waals surface area (Å²) in [7, 11) is 0. The molecule has 21 heavy (non-hydrogen) atoms. The van der Waals surface area contributed by atoms with Gasteiger partial charge in [0, 0.05) is 11.7 Å². The minimum absolute atomic E-state index is 0.0160. The van der Waals surface area contributed by atoms with Crippen LogP contribution in [0.25, 0.3) is 0 Å². The molecular weight excluding hydrogens is 274 g/mol. The average molecular weight is 292 g/mol. The fourth-order valence-electron chi connectivity index (χ4n) is 2.07. The van der Waals surface area contributed by atoms with Crippen LogP contribution in [0.5, 0.6) is 5.75 Å². The lowest BCUT2D eigenvalue weighted by atomic mass is 10.1. The van der Waals surface area contributed by atoms with Crippen LogP contribution in [0.4, 0.5) is 8.78 Å². The van der Waals surface area contributed by atoms with Crippen LogP contribution >= 0.6 is 0 Å². The minimum Gasteiger partial charge on any atom is -0.481 e. The molecule has 3 nitrogen and oxygen atoms in total. The zero-order chi connectivity index (χ0) is 15.4. The molecule has 0 fully saturated rings. The molecule has 0 saturated heterocycles. The number of pyridine rings is 1. The number of hydrogen-bond donors (Lipinski definition) is 1. The number of ether oxygens (including phenoxy) is 1. The van der Waals surface area contributed by atoms with E-state index in [9.17, 15) is 8.78 Å². The first-order chi connectivity index (χ1) is 9.95. The molecule has 0 saturated carbocycles. The lowest BCUT2D eigenvalue weighted by Gasteiger charge is -2.11. The Bertz CT molecular complexity index is 606. The molecule has 5 heteroatoms. The van der Waals surface area contributed by atoms with Crippen molar-refractivity contribution in [2.45, 2.75) is 32.9 Å². The van der Waals surface area contributed by atoms with Gasteiger partial charge in [-0.1, -0.05) is 6.07 Å². The number of aryl methyl sites for hydroxylation is 1. The molecule has 112 valence electrons. The predicted molar refractivity (Wildman–Crippen MR) is 77.0 cm³/mol. The van der Waals surface area contributed by atoms with Crippen LogP contribution in [0.3, 0.4) is 0 Å². The summed E-state index contributed by atoms with van der Waals surface area (Å²) < 4.78 is 33.1. The van der Waals surface area contributed by atoms with Gasteiger partial charge in [-0.05, 0) is 50.1 Å². The van der Waals surface area contributed by atoms with Gasteiger partial charge < -0.3 is 10.5 Å². The van der Waals surface area contributed by atoms with Crippen LogP contribution in [-0.4, -0.2) is 11.0 Å². The van der Waals surface area contributed by atoms with Crippen molar-refractivity contribution in [3.05, 3.63) is 58.9 Å². The van der Waals surface area contributed by atoms with Crippen LogP contribution < -0.4 is 10.5 Å². The first-order valence-electron chi connectivity index (χ1n) is 6.74. The third-order valence-corrected chi connectivity index (χ3v) is 2.93. The van der Waals surface area contributed by atoms with Crippen molar-refractivity contribution in [3.8, 4) is 5.75 Å². The Labute approximate surface area is 122 Å². The molecule has 1 aromatic heterocycles. The van der Waals surface area contributed by atoms with Crippen molar-refractivity contribution in [2.75, 3.05) is 0 Å². The normalized spacial score (nSPS) is 12.2. The lowest BCUT2D eigenvalue weighted by molar-refractivity contribution is 0.269. The van der Waals surface area contributed by atoms with Crippen molar-refractivity contribution in [1.29, 1.82) is 0 Å². The molecule has 1 heterocycles. The van der Waals surface area contributed by atoms with Gasteiger partial charge in [0.25, 0.3) is 0 Å². The van der Waals surface area contributed by atoms with Gasteiger partial charge in [0.15, 0.2) is 17.4 Å². The molecule has 0 aliphatic rings. The largest absolute Gasteiger partial charge is 0.481 e. The monoisotopic (exact) mass is 292 g/mol. The van der Waals surface area contributed by atoms with E-state index in [-0.39, 0.29) is 18.4 Å². The zero-order valence-corrected chi connectivity index (χ0v) is 12.1. The second-order valence-electron chi connectivity index (χ2n) is 5.13. The summed E-state index contributed by atoms with van der Waals surface area (Å²) in [5.41, 5.74) is 7.58. The number of aromatic nitrogens is 1. The van der Waals surface area contributed by atoms with E-state index < -0.39 is 11.6 Å². The van der Waals surface area contributed by atoms with Crippen LogP contribution in [-0.2, 0) is 13.0 Å². The fourth-order valence-corrected chi connectivity index (χ4v) is 2.07. The Hall–Kier alpha value is -2.01. The molecule has 0 radical (unpaired) electrons. The molecule has 0 aliphatic heterocycles. The second-order valence-corrected chi connectivity index (χ2v) is 5.13. The maximum absolute atomic E-state index is 13.9. The van der Waals surface area contributed by atoms with Gasteiger partial charge in [-0.15, -0.1) is 0 Å². The summed E-state index contributed by atoms with van der Waals surface area (Å²) in [4.78, 5) is 4.22. The smallest absolute Gasteiger partial charge is 0.191 e. The lowest BCUT2D eigenvalue weighted by Crippen LogP contribution is -2.18. The molecule has 1 atom stereocenters. The maximum Gasteiger partial charge on any atom is 0.191 e. The van der Waals surface area contributed by atoms with Gasteiger partial charge >= 0.3 is 0 Å². The number of halogens is 2. The molecule has 0 spiro atoms. The summed E-state index contributed by atoms with van der Waals surface area (Å²) in [5, 5.41) is 0. The molecule has 0 amide bonds. The summed E-state index contributed by atoms with van der Waals surface area (Å²) >= 11 is 0. The van der Waals surface area contributed by atoms with E-state index >= 15 is 0 Å². The van der Waals surface area contributed by atoms with Crippen molar-refractivity contribution >= 4 is 0 Å². The van der Waals surface area contributed by atoms with E-state index in [1.165, 1.54) is 12.1 Å². The van der Waals surface area contributed by atoms with Crippen LogP contribution in [0.1, 0.15) is 23.9 Å². The van der Waals surface area contributed by atoms with Gasteiger partial charge in [-0.3, -0.25) is 4.98 Å². The highest BCUT2D eigenvalue weighted by atomic mass is 19.1. The van der Waals surface area contributed by atoms with Gasteiger partial charge in [-0.2, -0.15) is 0 Å². The van der Waals surface area contributed by atoms with E-state index in [0.29, 0.717) is 17.7 Å². The quantitative estimate of drug-likeness (QED) is 0.921. The topological polar surface area (TPSA) is 48.1 Å². The Kier molecular flexibility index (Phi) is 4.85. The molecular formula is C16H18F2N2O. The van der Waals surface area contributed by atoms with E-state index in [1.807, 2.05) is 19.1 Å². The minimum atomic E-state index is -0.724. The summed E-state index contributed by atoms with van der Waals surface area (Å²) in [6.07, 6.45) is 0.410. The standard InChI is InChI=1S/C16H18F2N2O/c1-10(19)6-12-7-14(17)16(15(18)8-12)21-9-13-5-3-4-11(2)20-13/h3-5,7-8,10H,6,9,19H2,1-2H3. The Morgan fingerprint density at radius 1 is 1.24 bits per heavy atom. The summed E-state index contributed by atoms with van der Waals surface area (Å²) in [5.74, 6) is -1.83. The van der Waals surface area contributed by atoms with Gasteiger partial charge in [0.1, 0.15) is 6.61 Å². The molecule has 2 N–H and O–H groups in total. The first-order valence-corrected chi connectivity index (χ1v) is 6.74. The predicted octanol–water partition coefficient (Wildman–Crippen LogP) is 3.14.